The van der Waals surface area contributed by atoms with Gasteiger partial charge in [0.25, 0.3) is 0 Å². The van der Waals surface area contributed by atoms with Gasteiger partial charge >= 0.3 is 0 Å². The van der Waals surface area contributed by atoms with Crippen molar-refractivity contribution in [3.8, 4) is 5.75 Å². The molecular weight excluding hydrogens is 496 g/mol. The first-order chi connectivity index (χ1) is 18.6. The van der Waals surface area contributed by atoms with Crippen molar-refractivity contribution in [1.29, 1.82) is 0 Å². The Labute approximate surface area is 227 Å². The van der Waals surface area contributed by atoms with Crippen LogP contribution in [-0.4, -0.2) is 42.5 Å². The van der Waals surface area contributed by atoms with Crippen molar-refractivity contribution in [2.45, 2.75) is 26.2 Å². The number of Topliss-reactive ketones (excluding diaryl/α,β-unsaturated/α-hetero) is 2. The van der Waals surface area contributed by atoms with Crippen LogP contribution in [0.1, 0.15) is 47.7 Å². The molecule has 0 saturated heterocycles. The van der Waals surface area contributed by atoms with Crippen LogP contribution in [0, 0.1) is 0 Å². The van der Waals surface area contributed by atoms with Crippen molar-refractivity contribution in [1.82, 2.24) is 0 Å². The van der Waals surface area contributed by atoms with Gasteiger partial charge < -0.3 is 14.6 Å². The molecule has 0 fully saturated rings. The summed E-state index contributed by atoms with van der Waals surface area (Å²) in [6.45, 7) is 7.57. The van der Waals surface area contributed by atoms with Gasteiger partial charge in [-0.2, -0.15) is 0 Å². The first kappa shape index (κ1) is 28.8. The Morgan fingerprint density at radius 3 is 2.08 bits per heavy atom. The molecule has 0 aliphatic heterocycles. The van der Waals surface area contributed by atoms with Crippen molar-refractivity contribution < 1.29 is 33.8 Å². The molecule has 0 bridgehead atoms. The highest BCUT2D eigenvalue weighted by atomic mass is 16.5. The summed E-state index contributed by atoms with van der Waals surface area (Å²) in [5.41, 5.74) is 3.20. The predicted molar refractivity (Wildman–Crippen MR) is 148 cm³/mol. The summed E-state index contributed by atoms with van der Waals surface area (Å²) in [7, 11) is 2.95. The zero-order valence-electron chi connectivity index (χ0n) is 22.3. The van der Waals surface area contributed by atoms with Crippen LogP contribution in [0.2, 0.25) is 0 Å². The van der Waals surface area contributed by atoms with E-state index in [1.165, 1.54) is 19.3 Å². The van der Waals surface area contributed by atoms with E-state index < -0.39 is 11.6 Å². The maximum atomic E-state index is 12.2. The predicted octanol–water partition coefficient (Wildman–Crippen LogP) is 5.65. The highest BCUT2D eigenvalue weighted by Crippen LogP contribution is 2.31. The second-order valence-electron chi connectivity index (χ2n) is 9.04. The fraction of sp³-hybridized carbons (Fsp3) is 0.188. The Balaban J connectivity index is 0.000000218. The van der Waals surface area contributed by atoms with Gasteiger partial charge in [0, 0.05) is 34.3 Å². The number of carbonyl (C=O) groups excluding carboxylic acids is 4. The molecule has 200 valence electrons. The minimum Gasteiger partial charge on any atom is -0.507 e. The van der Waals surface area contributed by atoms with Gasteiger partial charge in [-0.3, -0.25) is 19.2 Å². The first-order valence-corrected chi connectivity index (χ1v) is 12.2. The van der Waals surface area contributed by atoms with Gasteiger partial charge in [-0.25, -0.2) is 0 Å². The molecule has 2 aliphatic rings. The molecule has 2 aromatic carbocycles. The van der Waals surface area contributed by atoms with Gasteiger partial charge in [0.2, 0.25) is 17.3 Å². The highest BCUT2D eigenvalue weighted by molar-refractivity contribution is 6.52. The van der Waals surface area contributed by atoms with Crippen molar-refractivity contribution in [3.05, 3.63) is 119 Å². The molecule has 1 unspecified atom stereocenters. The van der Waals surface area contributed by atoms with Crippen LogP contribution in [0.5, 0.6) is 5.75 Å². The van der Waals surface area contributed by atoms with E-state index in [4.69, 9.17) is 9.47 Å². The number of fused-ring (bicyclic) bond motifs is 1. The minimum atomic E-state index is -0.608. The number of ketones is 4. The molecule has 2 aliphatic carbocycles. The molecule has 0 amide bonds. The van der Waals surface area contributed by atoms with E-state index in [0.717, 1.165) is 16.9 Å². The van der Waals surface area contributed by atoms with Crippen LogP contribution in [-0.2, 0) is 19.1 Å². The Bertz CT molecular complexity index is 1450. The maximum absolute atomic E-state index is 12.2. The fourth-order valence-corrected chi connectivity index (χ4v) is 4.13. The number of carbonyl (C=O) groups is 4. The summed E-state index contributed by atoms with van der Waals surface area (Å²) in [6.07, 6.45) is 6.29. The standard InChI is InChI=1S/C17H16O4.C15H14O3/c1-4-13(11-5-7-12(20-2)8-6-11)14-9-16(19)17(21-3)10-15(14)18;1-9(2)7-8-12-13(16)10-5-3-4-6-11(10)14(17)15(12)18/h4-10,13H,1H2,2-3H3;3-7,16H,8H2,1-2H3. The third-order valence-electron chi connectivity index (χ3n) is 6.25. The normalized spacial score (nSPS) is 15.3. The summed E-state index contributed by atoms with van der Waals surface area (Å²) >= 11 is 0. The molecular formula is C32H30O7. The Kier molecular flexibility index (Phi) is 9.33. The number of aliphatic hydroxyl groups excluding tert-OH is 1. The highest BCUT2D eigenvalue weighted by Gasteiger charge is 2.31. The number of hydrogen-bond acceptors (Lipinski definition) is 7. The molecule has 39 heavy (non-hydrogen) atoms. The lowest BCUT2D eigenvalue weighted by Crippen LogP contribution is -2.23. The number of aliphatic hydroxyl groups is 1. The van der Waals surface area contributed by atoms with Gasteiger partial charge in [0.05, 0.1) is 14.2 Å². The quantitative estimate of drug-likeness (QED) is 0.282. The Hall–Kier alpha value is -4.78. The molecule has 1 atom stereocenters. The Morgan fingerprint density at radius 1 is 0.872 bits per heavy atom. The van der Waals surface area contributed by atoms with Crippen LogP contribution >= 0.6 is 0 Å². The molecule has 0 saturated carbocycles. The largest absolute Gasteiger partial charge is 0.507 e. The molecule has 7 nitrogen and oxygen atoms in total. The molecule has 4 rings (SSSR count). The maximum Gasteiger partial charge on any atom is 0.234 e. The molecule has 1 N–H and O–H groups in total. The van der Waals surface area contributed by atoms with Crippen LogP contribution in [0.25, 0.3) is 5.76 Å². The van der Waals surface area contributed by atoms with E-state index >= 15 is 0 Å². The van der Waals surface area contributed by atoms with Crippen molar-refractivity contribution in [2.75, 3.05) is 14.2 Å². The minimum absolute atomic E-state index is 0.0568. The zero-order valence-corrected chi connectivity index (χ0v) is 22.3. The molecule has 2 aromatic rings. The molecule has 0 aromatic heterocycles. The lowest BCUT2D eigenvalue weighted by Gasteiger charge is -2.18. The fourth-order valence-electron chi connectivity index (χ4n) is 4.13. The summed E-state index contributed by atoms with van der Waals surface area (Å²) in [5, 5.41) is 10.1. The van der Waals surface area contributed by atoms with E-state index in [0.29, 0.717) is 11.1 Å². The number of methoxy groups -OCH3 is 2. The Morgan fingerprint density at radius 2 is 1.51 bits per heavy atom. The van der Waals surface area contributed by atoms with Gasteiger partial charge in [-0.1, -0.05) is 54.1 Å². The zero-order chi connectivity index (χ0) is 28.7. The van der Waals surface area contributed by atoms with Gasteiger partial charge in [0.1, 0.15) is 11.5 Å². The number of ether oxygens (including phenoxy) is 2. The van der Waals surface area contributed by atoms with Crippen LogP contribution in [0.4, 0.5) is 0 Å². The van der Waals surface area contributed by atoms with E-state index in [-0.39, 0.29) is 46.6 Å². The monoisotopic (exact) mass is 526 g/mol. The number of rotatable bonds is 7. The molecule has 7 heteroatoms. The molecule has 0 heterocycles. The number of hydrogen-bond donors (Lipinski definition) is 1. The molecule has 0 spiro atoms. The third kappa shape index (κ3) is 6.38. The summed E-state index contributed by atoms with van der Waals surface area (Å²) in [6, 6.07) is 13.9. The van der Waals surface area contributed by atoms with Crippen LogP contribution in [0.3, 0.4) is 0 Å². The number of benzene rings is 2. The van der Waals surface area contributed by atoms with Crippen LogP contribution < -0.4 is 4.74 Å². The number of allylic oxidation sites excluding steroid dienone is 7. The van der Waals surface area contributed by atoms with Crippen molar-refractivity contribution >= 4 is 28.9 Å². The van der Waals surface area contributed by atoms with Crippen LogP contribution in [0.15, 0.2) is 102 Å². The second kappa shape index (κ2) is 12.6. The van der Waals surface area contributed by atoms with E-state index in [1.807, 2.05) is 32.1 Å². The van der Waals surface area contributed by atoms with Crippen molar-refractivity contribution in [3.63, 3.8) is 0 Å². The first-order valence-electron chi connectivity index (χ1n) is 12.2. The van der Waals surface area contributed by atoms with Crippen molar-refractivity contribution in [2.24, 2.45) is 0 Å². The lowest BCUT2D eigenvalue weighted by atomic mass is 9.85. The molecule has 0 radical (unpaired) electrons. The summed E-state index contributed by atoms with van der Waals surface area (Å²) < 4.78 is 9.98. The van der Waals surface area contributed by atoms with Gasteiger partial charge in [0.15, 0.2) is 11.5 Å². The summed E-state index contributed by atoms with van der Waals surface area (Å²) in [5.74, 6) is -1.34. The van der Waals surface area contributed by atoms with E-state index in [2.05, 4.69) is 6.58 Å². The van der Waals surface area contributed by atoms with E-state index in [1.54, 1.807) is 49.6 Å². The smallest absolute Gasteiger partial charge is 0.234 e. The third-order valence-corrected chi connectivity index (χ3v) is 6.25. The lowest BCUT2D eigenvalue weighted by molar-refractivity contribution is -0.117. The average Bonchev–Trinajstić information content (AvgIpc) is 2.94. The average molecular weight is 527 g/mol. The second-order valence-corrected chi connectivity index (χ2v) is 9.04. The van der Waals surface area contributed by atoms with Gasteiger partial charge in [-0.15, -0.1) is 6.58 Å². The van der Waals surface area contributed by atoms with Gasteiger partial charge in [-0.05, 0) is 44.0 Å². The SMILES string of the molecule is C=CC(C1=CC(=O)C(OC)=CC1=O)c1ccc(OC)cc1.CC(C)=CCC1=C(O)c2ccccc2C(=O)C1=O. The van der Waals surface area contributed by atoms with E-state index in [9.17, 15) is 24.3 Å². The summed E-state index contributed by atoms with van der Waals surface area (Å²) in [4.78, 5) is 47.8. The topological polar surface area (TPSA) is 107 Å².